The number of fused-ring (bicyclic) bond motifs is 1. The van der Waals surface area contributed by atoms with Crippen molar-refractivity contribution in [1.29, 1.82) is 0 Å². The van der Waals surface area contributed by atoms with Crippen molar-refractivity contribution in [2.24, 2.45) is 0 Å². The van der Waals surface area contributed by atoms with Crippen LogP contribution in [0.5, 0.6) is 0 Å². The number of piperazine rings is 1. The molecule has 0 amide bonds. The summed E-state index contributed by atoms with van der Waals surface area (Å²) in [5.74, 6) is -0.458. The Balaban J connectivity index is 1.69. The Hall–Kier alpha value is -2.22. The van der Waals surface area contributed by atoms with E-state index in [-0.39, 0.29) is 4.90 Å². The first-order valence-electron chi connectivity index (χ1n) is 8.96. The maximum absolute atomic E-state index is 13.2. The van der Waals surface area contributed by atoms with Crippen LogP contribution in [0.25, 0.3) is 10.9 Å². The summed E-state index contributed by atoms with van der Waals surface area (Å²) in [7, 11) is -1.64. The standard InChI is InChI=1S/C20H22FN3O2S/c1-22-11-13-23(14-12-22)15-16-3-2-4-20-19(16)9-10-24(20)27(25,26)18-7-5-17(21)6-8-18/h2-10H,11-15H2,1H3. The number of hydrogen-bond acceptors (Lipinski definition) is 4. The minimum absolute atomic E-state index is 0.0749. The normalized spacial score (nSPS) is 16.8. The Morgan fingerprint density at radius 1 is 0.963 bits per heavy atom. The lowest BCUT2D eigenvalue weighted by molar-refractivity contribution is 0.148. The molecule has 0 spiro atoms. The van der Waals surface area contributed by atoms with E-state index in [2.05, 4.69) is 22.9 Å². The van der Waals surface area contributed by atoms with Gasteiger partial charge in [-0.3, -0.25) is 4.90 Å². The highest BCUT2D eigenvalue weighted by Gasteiger charge is 2.21. The molecule has 1 aromatic heterocycles. The highest BCUT2D eigenvalue weighted by Crippen LogP contribution is 2.26. The molecule has 27 heavy (non-hydrogen) atoms. The maximum atomic E-state index is 13.2. The molecule has 0 atom stereocenters. The van der Waals surface area contributed by atoms with Gasteiger partial charge >= 0.3 is 0 Å². The second-order valence-electron chi connectivity index (χ2n) is 7.00. The fraction of sp³-hybridized carbons (Fsp3) is 0.300. The zero-order chi connectivity index (χ0) is 19.0. The molecule has 142 valence electrons. The first-order chi connectivity index (χ1) is 12.9. The van der Waals surface area contributed by atoms with Gasteiger partial charge in [0, 0.05) is 44.3 Å². The number of aromatic nitrogens is 1. The monoisotopic (exact) mass is 387 g/mol. The van der Waals surface area contributed by atoms with Crippen molar-refractivity contribution >= 4 is 20.9 Å². The number of benzene rings is 2. The second-order valence-corrected chi connectivity index (χ2v) is 8.81. The molecule has 2 aromatic carbocycles. The van der Waals surface area contributed by atoms with Gasteiger partial charge in [0.05, 0.1) is 10.4 Å². The van der Waals surface area contributed by atoms with Crippen LogP contribution in [0.15, 0.2) is 59.6 Å². The molecular formula is C20H22FN3O2S. The van der Waals surface area contributed by atoms with E-state index in [9.17, 15) is 12.8 Å². The summed E-state index contributed by atoms with van der Waals surface area (Å²) in [6.45, 7) is 4.88. The van der Waals surface area contributed by atoms with Crippen LogP contribution in [0.3, 0.4) is 0 Å². The van der Waals surface area contributed by atoms with Crippen molar-refractivity contribution < 1.29 is 12.8 Å². The summed E-state index contributed by atoms with van der Waals surface area (Å²) < 4.78 is 40.4. The molecular weight excluding hydrogens is 365 g/mol. The van der Waals surface area contributed by atoms with E-state index in [0.29, 0.717) is 5.52 Å². The van der Waals surface area contributed by atoms with Gasteiger partial charge in [-0.2, -0.15) is 0 Å². The van der Waals surface area contributed by atoms with Crippen molar-refractivity contribution in [2.45, 2.75) is 11.4 Å². The van der Waals surface area contributed by atoms with Crippen LogP contribution in [0, 0.1) is 5.82 Å². The molecule has 1 aliphatic rings. The van der Waals surface area contributed by atoms with Gasteiger partial charge in [-0.25, -0.2) is 16.8 Å². The Kier molecular flexibility index (Phi) is 4.75. The Morgan fingerprint density at radius 2 is 1.67 bits per heavy atom. The zero-order valence-electron chi connectivity index (χ0n) is 15.2. The van der Waals surface area contributed by atoms with Crippen molar-refractivity contribution in [3.05, 3.63) is 66.1 Å². The van der Waals surface area contributed by atoms with Crippen molar-refractivity contribution in [1.82, 2.24) is 13.8 Å². The van der Waals surface area contributed by atoms with E-state index in [4.69, 9.17) is 0 Å². The van der Waals surface area contributed by atoms with E-state index in [0.717, 1.165) is 55.8 Å². The Bertz CT molecular complexity index is 1050. The largest absolute Gasteiger partial charge is 0.304 e. The third kappa shape index (κ3) is 3.50. The van der Waals surface area contributed by atoms with Gasteiger partial charge in [-0.15, -0.1) is 0 Å². The smallest absolute Gasteiger partial charge is 0.268 e. The third-order valence-corrected chi connectivity index (χ3v) is 6.85. The lowest BCUT2D eigenvalue weighted by Gasteiger charge is -2.32. The molecule has 0 bridgehead atoms. The van der Waals surface area contributed by atoms with Crippen LogP contribution in [0.4, 0.5) is 4.39 Å². The van der Waals surface area contributed by atoms with Crippen LogP contribution in [0.1, 0.15) is 5.56 Å². The SMILES string of the molecule is CN1CCN(Cc2cccc3c2ccn3S(=O)(=O)c2ccc(F)cc2)CC1. The van der Waals surface area contributed by atoms with Gasteiger partial charge in [0.15, 0.2) is 0 Å². The van der Waals surface area contributed by atoms with Crippen molar-refractivity contribution in [3.8, 4) is 0 Å². The van der Waals surface area contributed by atoms with E-state index in [1.54, 1.807) is 6.20 Å². The molecule has 1 aliphatic heterocycles. The first-order valence-corrected chi connectivity index (χ1v) is 10.4. The number of nitrogens with zero attached hydrogens (tertiary/aromatic N) is 3. The molecule has 1 fully saturated rings. The molecule has 0 saturated carbocycles. The molecule has 5 nitrogen and oxygen atoms in total. The minimum Gasteiger partial charge on any atom is -0.304 e. The van der Waals surface area contributed by atoms with Gasteiger partial charge in [0.25, 0.3) is 10.0 Å². The second kappa shape index (κ2) is 7.07. The number of hydrogen-bond donors (Lipinski definition) is 0. The van der Waals surface area contributed by atoms with E-state index in [1.165, 1.54) is 16.1 Å². The molecule has 3 aromatic rings. The summed E-state index contributed by atoms with van der Waals surface area (Å²) in [4.78, 5) is 4.77. The lowest BCUT2D eigenvalue weighted by atomic mass is 10.1. The number of rotatable bonds is 4. The summed E-state index contributed by atoms with van der Waals surface area (Å²) >= 11 is 0. The highest BCUT2D eigenvalue weighted by molar-refractivity contribution is 7.90. The first kappa shape index (κ1) is 18.2. The fourth-order valence-corrected chi connectivity index (χ4v) is 4.87. The van der Waals surface area contributed by atoms with Crippen LogP contribution >= 0.6 is 0 Å². The van der Waals surface area contributed by atoms with Gasteiger partial charge in [-0.05, 0) is 49.0 Å². The molecule has 0 unspecified atom stereocenters. The summed E-state index contributed by atoms with van der Waals surface area (Å²) in [5.41, 5.74) is 1.76. The predicted octanol–water partition coefficient (Wildman–Crippen LogP) is 2.76. The van der Waals surface area contributed by atoms with E-state index in [1.807, 2.05) is 18.2 Å². The van der Waals surface area contributed by atoms with Crippen LogP contribution in [-0.2, 0) is 16.6 Å². The van der Waals surface area contributed by atoms with E-state index < -0.39 is 15.8 Å². The average molecular weight is 387 g/mol. The van der Waals surface area contributed by atoms with Crippen molar-refractivity contribution in [2.75, 3.05) is 33.2 Å². The Labute approximate surface area is 158 Å². The molecule has 7 heteroatoms. The maximum Gasteiger partial charge on any atom is 0.268 e. The van der Waals surface area contributed by atoms with Crippen molar-refractivity contribution in [3.63, 3.8) is 0 Å². The molecule has 2 heterocycles. The molecule has 0 radical (unpaired) electrons. The number of likely N-dealkylation sites (N-methyl/N-ethyl adjacent to an activating group) is 1. The lowest BCUT2D eigenvalue weighted by Crippen LogP contribution is -2.43. The van der Waals surface area contributed by atoms with Crippen LogP contribution in [-0.4, -0.2) is 55.4 Å². The predicted molar refractivity (Wildman–Crippen MR) is 104 cm³/mol. The van der Waals surface area contributed by atoms with Gasteiger partial charge in [0.1, 0.15) is 5.82 Å². The van der Waals surface area contributed by atoms with Gasteiger partial charge < -0.3 is 4.90 Å². The van der Waals surface area contributed by atoms with Crippen LogP contribution in [0.2, 0.25) is 0 Å². The number of halogens is 1. The Morgan fingerprint density at radius 3 is 2.37 bits per heavy atom. The van der Waals surface area contributed by atoms with Gasteiger partial charge in [-0.1, -0.05) is 12.1 Å². The minimum atomic E-state index is -3.77. The quantitative estimate of drug-likeness (QED) is 0.691. The van der Waals surface area contributed by atoms with E-state index >= 15 is 0 Å². The van der Waals surface area contributed by atoms with Crippen LogP contribution < -0.4 is 0 Å². The summed E-state index contributed by atoms with van der Waals surface area (Å²) in [6, 6.07) is 12.5. The highest BCUT2D eigenvalue weighted by atomic mass is 32.2. The molecule has 0 N–H and O–H groups in total. The average Bonchev–Trinajstić information content (AvgIpc) is 3.10. The summed E-state index contributed by atoms with van der Waals surface area (Å²) in [6.07, 6.45) is 1.58. The van der Waals surface area contributed by atoms with Gasteiger partial charge in [0.2, 0.25) is 0 Å². The topological polar surface area (TPSA) is 45.5 Å². The fourth-order valence-electron chi connectivity index (χ4n) is 3.52. The molecule has 0 aliphatic carbocycles. The third-order valence-electron chi connectivity index (χ3n) is 5.15. The zero-order valence-corrected chi connectivity index (χ0v) is 16.0. The summed E-state index contributed by atoms with van der Waals surface area (Å²) in [5, 5.41) is 0.933. The molecule has 4 rings (SSSR count). The molecule has 1 saturated heterocycles.